The molecule has 1 aromatic heterocycles. The fourth-order valence-corrected chi connectivity index (χ4v) is 3.48. The normalized spacial score (nSPS) is 12.4. The molecule has 19 heavy (non-hydrogen) atoms. The number of methoxy groups -OCH3 is 1. The molecule has 1 heterocycles. The molecule has 4 heteroatoms. The van der Waals surface area contributed by atoms with E-state index in [-0.39, 0.29) is 0 Å². The summed E-state index contributed by atoms with van der Waals surface area (Å²) in [5.74, 6) is 0.911. The number of hydrogen-bond donors (Lipinski definition) is 1. The highest BCUT2D eigenvalue weighted by Crippen LogP contribution is 2.25. The summed E-state index contributed by atoms with van der Waals surface area (Å²) in [4.78, 5) is 0. The number of nitrogens with one attached hydrogen (secondary N) is 1. The zero-order valence-electron chi connectivity index (χ0n) is 11.2. The second kappa shape index (κ2) is 7.26. The van der Waals surface area contributed by atoms with Gasteiger partial charge in [-0.2, -0.15) is 0 Å². The third-order valence-electron chi connectivity index (χ3n) is 3.04. The summed E-state index contributed by atoms with van der Waals surface area (Å²) >= 11 is 4.18. The van der Waals surface area contributed by atoms with Crippen molar-refractivity contribution in [2.75, 3.05) is 13.7 Å². The molecule has 0 fully saturated rings. The van der Waals surface area contributed by atoms with Crippen molar-refractivity contribution >= 4 is 33.9 Å². The molecule has 0 bridgehead atoms. The molecule has 0 radical (unpaired) electrons. The van der Waals surface area contributed by atoms with E-state index in [0.29, 0.717) is 6.04 Å². The second-order valence-electron chi connectivity index (χ2n) is 4.35. The number of hydrogen-bond acceptors (Lipinski definition) is 3. The molecule has 1 unspecified atom stereocenters. The Morgan fingerprint density at radius 1 is 1.32 bits per heavy atom. The second-order valence-corrected chi connectivity index (χ2v) is 7.15. The minimum absolute atomic E-state index is 0.387. The van der Waals surface area contributed by atoms with Gasteiger partial charge < -0.3 is 10.1 Å². The lowest BCUT2D eigenvalue weighted by molar-refractivity contribution is 0.414. The van der Waals surface area contributed by atoms with Gasteiger partial charge >= 0.3 is 0 Å². The summed E-state index contributed by atoms with van der Waals surface area (Å²) in [6.07, 6.45) is 1.00. The SMILES string of the molecule is CCNC(Cc1ccc(OC)cc1)c1csc(I)c1. The quantitative estimate of drug-likeness (QED) is 0.749. The lowest BCUT2D eigenvalue weighted by atomic mass is 10.0. The van der Waals surface area contributed by atoms with Crippen LogP contribution in [-0.4, -0.2) is 13.7 Å². The summed E-state index contributed by atoms with van der Waals surface area (Å²) in [6, 6.07) is 11.0. The van der Waals surface area contributed by atoms with Crippen LogP contribution in [0.4, 0.5) is 0 Å². The lowest BCUT2D eigenvalue weighted by Crippen LogP contribution is -2.22. The molecule has 1 aromatic carbocycles. The van der Waals surface area contributed by atoms with Crippen molar-refractivity contribution in [1.29, 1.82) is 0 Å². The van der Waals surface area contributed by atoms with E-state index in [1.807, 2.05) is 12.1 Å². The van der Waals surface area contributed by atoms with E-state index in [0.717, 1.165) is 18.7 Å². The number of likely N-dealkylation sites (N-methyl/N-ethyl adjacent to an activating group) is 1. The van der Waals surface area contributed by atoms with Gasteiger partial charge in [-0.1, -0.05) is 19.1 Å². The maximum absolute atomic E-state index is 5.19. The average molecular weight is 387 g/mol. The predicted molar refractivity (Wildman–Crippen MR) is 90.2 cm³/mol. The van der Waals surface area contributed by atoms with Crippen molar-refractivity contribution in [3.05, 3.63) is 49.7 Å². The van der Waals surface area contributed by atoms with Crippen LogP contribution in [-0.2, 0) is 6.42 Å². The smallest absolute Gasteiger partial charge is 0.118 e. The van der Waals surface area contributed by atoms with Crippen molar-refractivity contribution < 1.29 is 4.74 Å². The Labute approximate surface area is 132 Å². The molecule has 0 saturated heterocycles. The topological polar surface area (TPSA) is 21.3 Å². The number of thiophene rings is 1. The van der Waals surface area contributed by atoms with Gasteiger partial charge in [0, 0.05) is 6.04 Å². The Morgan fingerprint density at radius 2 is 2.05 bits per heavy atom. The molecular formula is C15H18INOS. The minimum Gasteiger partial charge on any atom is -0.497 e. The van der Waals surface area contributed by atoms with Crippen LogP contribution >= 0.6 is 33.9 Å². The van der Waals surface area contributed by atoms with Gasteiger partial charge in [0.05, 0.1) is 9.99 Å². The van der Waals surface area contributed by atoms with Crippen molar-refractivity contribution in [2.45, 2.75) is 19.4 Å². The van der Waals surface area contributed by atoms with Gasteiger partial charge in [0.15, 0.2) is 0 Å². The number of ether oxygens (including phenoxy) is 1. The van der Waals surface area contributed by atoms with Gasteiger partial charge in [0.2, 0.25) is 0 Å². The molecule has 0 spiro atoms. The minimum atomic E-state index is 0.387. The maximum atomic E-state index is 5.19. The first kappa shape index (κ1) is 14.8. The average Bonchev–Trinajstić information content (AvgIpc) is 2.86. The van der Waals surface area contributed by atoms with Crippen LogP contribution in [0.2, 0.25) is 0 Å². The van der Waals surface area contributed by atoms with Crippen molar-refractivity contribution in [2.24, 2.45) is 0 Å². The third kappa shape index (κ3) is 4.19. The number of benzene rings is 1. The molecule has 2 aromatic rings. The largest absolute Gasteiger partial charge is 0.497 e. The zero-order chi connectivity index (χ0) is 13.7. The van der Waals surface area contributed by atoms with Gasteiger partial charge in [-0.3, -0.25) is 0 Å². The van der Waals surface area contributed by atoms with Gasteiger partial charge in [-0.15, -0.1) is 11.3 Å². The van der Waals surface area contributed by atoms with E-state index in [1.54, 1.807) is 18.4 Å². The van der Waals surface area contributed by atoms with E-state index < -0.39 is 0 Å². The molecule has 0 saturated carbocycles. The Balaban J connectivity index is 2.11. The fraction of sp³-hybridized carbons (Fsp3) is 0.333. The molecule has 0 aliphatic rings. The highest BCUT2D eigenvalue weighted by molar-refractivity contribution is 14.1. The van der Waals surface area contributed by atoms with Crippen molar-refractivity contribution in [3.63, 3.8) is 0 Å². The van der Waals surface area contributed by atoms with Crippen LogP contribution in [0.25, 0.3) is 0 Å². The summed E-state index contributed by atoms with van der Waals surface area (Å²) in [6.45, 7) is 3.13. The molecular weight excluding hydrogens is 369 g/mol. The van der Waals surface area contributed by atoms with Crippen LogP contribution in [0.3, 0.4) is 0 Å². The highest BCUT2D eigenvalue weighted by atomic mass is 127. The number of rotatable bonds is 6. The van der Waals surface area contributed by atoms with Crippen LogP contribution in [0.5, 0.6) is 5.75 Å². The molecule has 0 aliphatic carbocycles. The molecule has 0 amide bonds. The van der Waals surface area contributed by atoms with Crippen molar-refractivity contribution in [3.8, 4) is 5.75 Å². The van der Waals surface area contributed by atoms with E-state index >= 15 is 0 Å². The Kier molecular flexibility index (Phi) is 5.66. The van der Waals surface area contributed by atoms with Gasteiger partial charge in [-0.05, 0) is 70.3 Å². The molecule has 1 N–H and O–H groups in total. The summed E-state index contributed by atoms with van der Waals surface area (Å²) in [7, 11) is 1.70. The first-order valence-electron chi connectivity index (χ1n) is 6.33. The summed E-state index contributed by atoms with van der Waals surface area (Å²) in [5, 5.41) is 5.81. The van der Waals surface area contributed by atoms with Crippen LogP contribution in [0.15, 0.2) is 35.7 Å². The highest BCUT2D eigenvalue weighted by Gasteiger charge is 2.12. The van der Waals surface area contributed by atoms with Crippen molar-refractivity contribution in [1.82, 2.24) is 5.32 Å². The third-order valence-corrected chi connectivity index (χ3v) is 4.85. The first-order valence-corrected chi connectivity index (χ1v) is 8.29. The summed E-state index contributed by atoms with van der Waals surface area (Å²) in [5.41, 5.74) is 2.71. The van der Waals surface area contributed by atoms with E-state index in [4.69, 9.17) is 4.74 Å². The molecule has 0 aliphatic heterocycles. The molecule has 2 nitrogen and oxygen atoms in total. The molecule has 102 valence electrons. The standard InChI is InChI=1S/C15H18INOS/c1-3-17-14(12-9-15(16)19-10-12)8-11-4-6-13(18-2)7-5-11/h4-7,9-10,14,17H,3,8H2,1-2H3. The monoisotopic (exact) mass is 387 g/mol. The van der Waals surface area contributed by atoms with Gasteiger partial charge in [-0.25, -0.2) is 0 Å². The van der Waals surface area contributed by atoms with E-state index in [9.17, 15) is 0 Å². The van der Waals surface area contributed by atoms with Crippen LogP contribution in [0, 0.1) is 2.88 Å². The summed E-state index contributed by atoms with van der Waals surface area (Å²) < 4.78 is 6.53. The van der Waals surface area contributed by atoms with Gasteiger partial charge in [0.1, 0.15) is 5.75 Å². The predicted octanol–water partition coefficient (Wildman–Crippen LogP) is 4.25. The Hall–Kier alpha value is -0.590. The van der Waals surface area contributed by atoms with Crippen LogP contribution in [0.1, 0.15) is 24.1 Å². The van der Waals surface area contributed by atoms with E-state index in [2.05, 4.69) is 58.4 Å². The van der Waals surface area contributed by atoms with E-state index in [1.165, 1.54) is 14.0 Å². The van der Waals surface area contributed by atoms with Gasteiger partial charge in [0.25, 0.3) is 0 Å². The zero-order valence-corrected chi connectivity index (χ0v) is 14.1. The number of halogens is 1. The first-order chi connectivity index (χ1) is 9.22. The molecule has 2 rings (SSSR count). The Bertz CT molecular complexity index is 509. The van der Waals surface area contributed by atoms with Crippen LogP contribution < -0.4 is 10.1 Å². The lowest BCUT2D eigenvalue weighted by Gasteiger charge is -2.17. The maximum Gasteiger partial charge on any atom is 0.118 e. The fourth-order valence-electron chi connectivity index (χ4n) is 2.06. The molecule has 1 atom stereocenters. The Morgan fingerprint density at radius 3 is 2.58 bits per heavy atom.